The van der Waals surface area contributed by atoms with E-state index in [-0.39, 0.29) is 11.3 Å². The van der Waals surface area contributed by atoms with Crippen molar-refractivity contribution in [1.82, 2.24) is 14.7 Å². The number of aryl methyl sites for hydroxylation is 1. The first-order valence-corrected chi connectivity index (χ1v) is 10.6. The van der Waals surface area contributed by atoms with Crippen molar-refractivity contribution in [2.24, 2.45) is 5.41 Å². The molecule has 3 heterocycles. The highest BCUT2D eigenvalue weighted by Crippen LogP contribution is 2.47. The van der Waals surface area contributed by atoms with Gasteiger partial charge in [-0.1, -0.05) is 30.7 Å². The molecule has 1 amide bonds. The fourth-order valence-electron chi connectivity index (χ4n) is 4.60. The second-order valence-electron chi connectivity index (χ2n) is 8.43. The van der Waals surface area contributed by atoms with Gasteiger partial charge in [0.25, 0.3) is 5.91 Å². The van der Waals surface area contributed by atoms with Crippen molar-refractivity contribution >= 4 is 34.6 Å². The maximum atomic E-state index is 12.9. The summed E-state index contributed by atoms with van der Waals surface area (Å²) < 4.78 is 1.75. The van der Waals surface area contributed by atoms with E-state index in [0.29, 0.717) is 35.1 Å². The Balaban J connectivity index is 1.24. The van der Waals surface area contributed by atoms with Crippen molar-refractivity contribution in [2.45, 2.75) is 32.7 Å². The molecule has 0 unspecified atom stereocenters. The van der Waals surface area contributed by atoms with Gasteiger partial charge in [-0.25, -0.2) is 4.98 Å². The largest absolute Gasteiger partial charge is 0.370 e. The molecule has 3 aromatic rings. The van der Waals surface area contributed by atoms with Crippen LogP contribution in [0.1, 0.15) is 41.5 Å². The molecule has 6 nitrogen and oxygen atoms in total. The summed E-state index contributed by atoms with van der Waals surface area (Å²) in [4.78, 5) is 31.0. The van der Waals surface area contributed by atoms with Crippen molar-refractivity contribution in [3.63, 3.8) is 0 Å². The van der Waals surface area contributed by atoms with Gasteiger partial charge >= 0.3 is 0 Å². The van der Waals surface area contributed by atoms with Crippen molar-refractivity contribution in [1.29, 1.82) is 0 Å². The number of ketones is 1. The summed E-state index contributed by atoms with van der Waals surface area (Å²) >= 11 is 6.11. The summed E-state index contributed by atoms with van der Waals surface area (Å²) in [6.45, 7) is 4.35. The molecular formula is C23H23ClN4O2. The molecule has 1 aliphatic heterocycles. The Hall–Kier alpha value is -2.86. The molecule has 30 heavy (non-hydrogen) atoms. The molecule has 5 rings (SSSR count). The van der Waals surface area contributed by atoms with Gasteiger partial charge in [-0.15, -0.1) is 0 Å². The fraction of sp³-hybridized carbons (Fsp3) is 0.348. The number of carbonyl (C=O) groups excluding carboxylic acids is 2. The zero-order valence-electron chi connectivity index (χ0n) is 16.8. The summed E-state index contributed by atoms with van der Waals surface area (Å²) in [5.74, 6) is 0.227. The van der Waals surface area contributed by atoms with Crippen molar-refractivity contribution in [3.8, 4) is 0 Å². The minimum Gasteiger partial charge on any atom is -0.370 e. The highest BCUT2D eigenvalue weighted by atomic mass is 35.5. The highest BCUT2D eigenvalue weighted by Gasteiger charge is 2.51. The van der Waals surface area contributed by atoms with E-state index in [4.69, 9.17) is 11.6 Å². The number of benzene rings is 1. The van der Waals surface area contributed by atoms with Gasteiger partial charge in [0.15, 0.2) is 0 Å². The number of nitrogens with zero attached hydrogens (tertiary/aromatic N) is 3. The number of aromatic nitrogens is 2. The number of hydrogen-bond acceptors (Lipinski definition) is 4. The van der Waals surface area contributed by atoms with Crippen LogP contribution < -0.4 is 10.2 Å². The predicted octanol–water partition coefficient (Wildman–Crippen LogP) is 3.65. The van der Waals surface area contributed by atoms with Gasteiger partial charge in [-0.3, -0.25) is 14.0 Å². The topological polar surface area (TPSA) is 66.7 Å². The first kappa shape index (κ1) is 19.1. The first-order valence-electron chi connectivity index (χ1n) is 10.3. The Morgan fingerprint density at radius 2 is 1.90 bits per heavy atom. The van der Waals surface area contributed by atoms with Crippen LogP contribution >= 0.6 is 11.6 Å². The number of rotatable bonds is 5. The summed E-state index contributed by atoms with van der Waals surface area (Å²) in [5, 5.41) is 3.57. The van der Waals surface area contributed by atoms with E-state index >= 15 is 0 Å². The molecular weight excluding hydrogens is 400 g/mol. The zero-order valence-corrected chi connectivity index (χ0v) is 17.6. The Labute approximate surface area is 179 Å². The van der Waals surface area contributed by atoms with Crippen LogP contribution in [0, 0.1) is 5.41 Å². The number of carbonyl (C=O) groups is 2. The molecule has 1 saturated carbocycles. The third kappa shape index (κ3) is 3.25. The van der Waals surface area contributed by atoms with E-state index < -0.39 is 0 Å². The minimum atomic E-state index is -0.162. The second kappa shape index (κ2) is 7.13. The Morgan fingerprint density at radius 1 is 1.17 bits per heavy atom. The molecule has 0 radical (unpaired) electrons. The van der Waals surface area contributed by atoms with Crippen molar-refractivity contribution in [3.05, 3.63) is 64.6 Å². The number of halogens is 1. The van der Waals surface area contributed by atoms with Crippen molar-refractivity contribution in [2.75, 3.05) is 18.0 Å². The number of Topliss-reactive ketones (excluding diaryl/α,β-unsaturated/α-hetero) is 1. The van der Waals surface area contributed by atoms with Crippen LogP contribution in [0.15, 0.2) is 42.6 Å². The lowest BCUT2D eigenvalue weighted by Gasteiger charge is -2.55. The Bertz CT molecular complexity index is 1140. The SMILES string of the molecule is CCc1nc2ccc(Cl)cn2c1C(=O)NCc1ccc(N2CC3(CC(=O)C3)C2)cc1. The summed E-state index contributed by atoms with van der Waals surface area (Å²) in [6.07, 6.45) is 3.87. The molecule has 0 atom stereocenters. The third-order valence-electron chi connectivity index (χ3n) is 6.16. The zero-order chi connectivity index (χ0) is 20.9. The van der Waals surface area contributed by atoms with Gasteiger partial charge in [0.1, 0.15) is 17.1 Å². The Morgan fingerprint density at radius 3 is 2.57 bits per heavy atom. The molecule has 2 fully saturated rings. The summed E-state index contributed by atoms with van der Waals surface area (Å²) in [7, 11) is 0. The average Bonchev–Trinajstić information content (AvgIpc) is 3.06. The lowest BCUT2D eigenvalue weighted by Crippen LogP contribution is -2.62. The van der Waals surface area contributed by atoms with Crippen molar-refractivity contribution < 1.29 is 9.59 Å². The van der Waals surface area contributed by atoms with E-state index in [0.717, 1.165) is 37.2 Å². The molecule has 1 N–H and O–H groups in total. The van der Waals surface area contributed by atoms with Crippen LogP contribution in [0.3, 0.4) is 0 Å². The van der Waals surface area contributed by atoms with E-state index in [1.807, 2.05) is 25.1 Å². The Kier molecular flexibility index (Phi) is 4.54. The number of hydrogen-bond donors (Lipinski definition) is 1. The molecule has 7 heteroatoms. The summed E-state index contributed by atoms with van der Waals surface area (Å²) in [5.41, 5.74) is 4.45. The number of imidazole rings is 1. The smallest absolute Gasteiger partial charge is 0.270 e. The average molecular weight is 423 g/mol. The van der Waals surface area contributed by atoms with E-state index in [9.17, 15) is 9.59 Å². The molecule has 0 bridgehead atoms. The molecule has 1 aliphatic carbocycles. The summed E-state index contributed by atoms with van der Waals surface area (Å²) in [6, 6.07) is 11.8. The van der Waals surface area contributed by atoms with Crippen LogP contribution in [-0.2, 0) is 17.8 Å². The lowest BCUT2D eigenvalue weighted by molar-refractivity contribution is -0.134. The van der Waals surface area contributed by atoms with E-state index in [1.165, 1.54) is 5.69 Å². The number of anilines is 1. The number of pyridine rings is 1. The molecule has 2 aliphatic rings. The number of nitrogens with one attached hydrogen (secondary N) is 1. The molecule has 1 saturated heterocycles. The van der Waals surface area contributed by atoms with Gasteiger partial charge in [-0.05, 0) is 36.2 Å². The highest BCUT2D eigenvalue weighted by molar-refractivity contribution is 6.30. The normalized spacial score (nSPS) is 17.1. The van der Waals surface area contributed by atoms with Gasteiger partial charge in [0.2, 0.25) is 0 Å². The van der Waals surface area contributed by atoms with Crippen LogP contribution in [-0.4, -0.2) is 34.2 Å². The van der Waals surface area contributed by atoms with E-state index in [1.54, 1.807) is 16.7 Å². The number of amides is 1. The lowest BCUT2D eigenvalue weighted by atomic mass is 9.62. The van der Waals surface area contributed by atoms with Crippen LogP contribution in [0.5, 0.6) is 0 Å². The van der Waals surface area contributed by atoms with Gasteiger partial charge in [-0.2, -0.15) is 0 Å². The predicted molar refractivity (Wildman–Crippen MR) is 116 cm³/mol. The molecule has 1 spiro atoms. The van der Waals surface area contributed by atoms with Crippen LogP contribution in [0.25, 0.3) is 5.65 Å². The maximum Gasteiger partial charge on any atom is 0.270 e. The van der Waals surface area contributed by atoms with Gasteiger partial charge in [0.05, 0.1) is 10.7 Å². The first-order chi connectivity index (χ1) is 14.5. The van der Waals surface area contributed by atoms with Crippen LogP contribution in [0.2, 0.25) is 5.02 Å². The number of fused-ring (bicyclic) bond motifs is 1. The van der Waals surface area contributed by atoms with Crippen LogP contribution in [0.4, 0.5) is 5.69 Å². The third-order valence-corrected chi connectivity index (χ3v) is 6.38. The van der Waals surface area contributed by atoms with Gasteiger partial charge < -0.3 is 10.2 Å². The quantitative estimate of drug-likeness (QED) is 0.681. The minimum absolute atomic E-state index is 0.162. The monoisotopic (exact) mass is 422 g/mol. The standard InChI is InChI=1S/C23H23ClN4O2/c1-2-19-21(28-12-16(24)5-8-20(28)26-19)22(30)25-11-15-3-6-17(7-4-15)27-13-23(14-27)9-18(29)10-23/h3-8,12H,2,9-11,13-14H2,1H3,(H,25,30). The molecule has 2 aromatic heterocycles. The van der Waals surface area contributed by atoms with Gasteiger partial charge in [0, 0.05) is 49.8 Å². The fourth-order valence-corrected chi connectivity index (χ4v) is 4.76. The maximum absolute atomic E-state index is 12.9. The van der Waals surface area contributed by atoms with E-state index in [2.05, 4.69) is 27.3 Å². The molecule has 1 aromatic carbocycles. The molecule has 154 valence electrons. The second-order valence-corrected chi connectivity index (χ2v) is 8.87.